The van der Waals surface area contributed by atoms with Crippen LogP contribution in [0.5, 0.6) is 0 Å². The molecule has 2 heterocycles. The first-order valence-corrected chi connectivity index (χ1v) is 9.78. The minimum Gasteiger partial charge on any atom is -0.459 e. The molecule has 0 fully saturated rings. The van der Waals surface area contributed by atoms with E-state index in [2.05, 4.69) is 31.7 Å². The van der Waals surface area contributed by atoms with E-state index in [9.17, 15) is 10.1 Å². The second-order valence-electron chi connectivity index (χ2n) is 6.97. The van der Waals surface area contributed by atoms with Crippen molar-refractivity contribution < 1.29 is 19.2 Å². The molecule has 1 atom stereocenters. The summed E-state index contributed by atoms with van der Waals surface area (Å²) in [4.78, 5) is 0. The van der Waals surface area contributed by atoms with Crippen molar-refractivity contribution in [2.24, 2.45) is 0 Å². The van der Waals surface area contributed by atoms with Gasteiger partial charge in [0.15, 0.2) is 0 Å². The molecule has 3 rings (SSSR count). The van der Waals surface area contributed by atoms with Gasteiger partial charge in [-0.2, -0.15) is 0 Å². The molecule has 0 aliphatic carbocycles. The molecule has 0 bridgehead atoms. The SMILES string of the molecule is C=C(CC)C1=CCB(O)OC1CC/C(=C/c1ccc(CO)o1)c1ccccc1. The summed E-state index contributed by atoms with van der Waals surface area (Å²) in [6, 6.07) is 13.8. The van der Waals surface area contributed by atoms with Crippen LogP contribution in [0.15, 0.2) is 70.7 Å². The van der Waals surface area contributed by atoms with Crippen LogP contribution in [0.4, 0.5) is 0 Å². The van der Waals surface area contributed by atoms with Crippen LogP contribution >= 0.6 is 0 Å². The normalized spacial score (nSPS) is 17.5. The second kappa shape index (κ2) is 9.74. The lowest BCUT2D eigenvalue weighted by molar-refractivity contribution is 0.184. The van der Waals surface area contributed by atoms with E-state index in [0.717, 1.165) is 41.5 Å². The van der Waals surface area contributed by atoms with Crippen LogP contribution in [0.3, 0.4) is 0 Å². The average molecular weight is 378 g/mol. The van der Waals surface area contributed by atoms with Gasteiger partial charge in [-0.1, -0.05) is 55.5 Å². The zero-order valence-corrected chi connectivity index (χ0v) is 16.3. The maximum absolute atomic E-state index is 9.95. The smallest absolute Gasteiger partial charge is 0.458 e. The van der Waals surface area contributed by atoms with Gasteiger partial charge in [0.1, 0.15) is 18.1 Å². The molecule has 0 saturated heterocycles. The van der Waals surface area contributed by atoms with Crippen LogP contribution in [0.2, 0.25) is 6.32 Å². The molecular formula is C23H27BO4. The second-order valence-corrected chi connectivity index (χ2v) is 6.97. The first-order valence-electron chi connectivity index (χ1n) is 9.78. The quantitative estimate of drug-likeness (QED) is 0.644. The molecule has 2 N–H and O–H groups in total. The van der Waals surface area contributed by atoms with E-state index in [-0.39, 0.29) is 12.7 Å². The summed E-state index contributed by atoms with van der Waals surface area (Å²) in [6.45, 7) is 6.12. The summed E-state index contributed by atoms with van der Waals surface area (Å²) in [5, 5.41) is 19.2. The Morgan fingerprint density at radius 1 is 1.25 bits per heavy atom. The number of allylic oxidation sites excluding steroid dienone is 2. The molecule has 1 unspecified atom stereocenters. The highest BCUT2D eigenvalue weighted by atomic mass is 16.5. The maximum atomic E-state index is 9.95. The van der Waals surface area contributed by atoms with Gasteiger partial charge in [-0.25, -0.2) is 0 Å². The minimum absolute atomic E-state index is 0.115. The van der Waals surface area contributed by atoms with Crippen LogP contribution in [-0.4, -0.2) is 23.4 Å². The van der Waals surface area contributed by atoms with E-state index in [1.54, 1.807) is 6.07 Å². The Morgan fingerprint density at radius 2 is 2.04 bits per heavy atom. The monoisotopic (exact) mass is 378 g/mol. The Hall–Kier alpha value is -2.34. The Bertz CT molecular complexity index is 850. The highest BCUT2D eigenvalue weighted by molar-refractivity contribution is 6.43. The van der Waals surface area contributed by atoms with Crippen molar-refractivity contribution in [2.75, 3.05) is 0 Å². The summed E-state index contributed by atoms with van der Waals surface area (Å²) in [7, 11) is -0.764. The van der Waals surface area contributed by atoms with Crippen molar-refractivity contribution >= 4 is 18.8 Å². The zero-order valence-electron chi connectivity index (χ0n) is 16.3. The Labute approximate surface area is 167 Å². The first-order chi connectivity index (χ1) is 13.6. The van der Waals surface area contributed by atoms with E-state index in [0.29, 0.717) is 17.8 Å². The lowest BCUT2D eigenvalue weighted by Crippen LogP contribution is -2.31. The molecule has 5 heteroatoms. The van der Waals surface area contributed by atoms with Crippen LogP contribution in [0.25, 0.3) is 11.6 Å². The zero-order chi connectivity index (χ0) is 19.9. The standard InChI is InChI=1S/C23H27BO4/c1-3-17(2)22-13-14-24(26)28-23(22)12-9-19(18-7-5-4-6-8-18)15-20-10-11-21(16-25)27-20/h4-8,10-11,13,15,23,25-26H,2-3,9,12,14,16H2,1H3/b19-15-. The van der Waals surface area contributed by atoms with Crippen LogP contribution in [0, 0.1) is 0 Å². The van der Waals surface area contributed by atoms with Gasteiger partial charge in [-0.3, -0.25) is 0 Å². The summed E-state index contributed by atoms with van der Waals surface area (Å²) >= 11 is 0. The molecule has 28 heavy (non-hydrogen) atoms. The van der Waals surface area contributed by atoms with Gasteiger partial charge in [-0.15, -0.1) is 0 Å². The van der Waals surface area contributed by atoms with Gasteiger partial charge in [0.05, 0.1) is 6.10 Å². The van der Waals surface area contributed by atoms with Gasteiger partial charge >= 0.3 is 7.12 Å². The van der Waals surface area contributed by atoms with Crippen molar-refractivity contribution in [3.8, 4) is 0 Å². The van der Waals surface area contributed by atoms with E-state index < -0.39 is 7.12 Å². The Kier molecular flexibility index (Phi) is 7.09. The highest BCUT2D eigenvalue weighted by Gasteiger charge is 2.28. The van der Waals surface area contributed by atoms with Crippen LogP contribution < -0.4 is 0 Å². The molecule has 1 aliphatic heterocycles. The molecule has 0 radical (unpaired) electrons. The van der Waals surface area contributed by atoms with Gasteiger partial charge in [0.2, 0.25) is 0 Å². The Balaban J connectivity index is 1.82. The molecule has 1 aliphatic rings. The average Bonchev–Trinajstić information content (AvgIpc) is 3.19. The maximum Gasteiger partial charge on any atom is 0.458 e. The van der Waals surface area contributed by atoms with Crippen LogP contribution in [0.1, 0.15) is 43.3 Å². The lowest BCUT2D eigenvalue weighted by Gasteiger charge is -2.28. The van der Waals surface area contributed by atoms with Crippen molar-refractivity contribution in [3.05, 3.63) is 83.3 Å². The highest BCUT2D eigenvalue weighted by Crippen LogP contribution is 2.31. The Morgan fingerprint density at radius 3 is 2.71 bits per heavy atom. The summed E-state index contributed by atoms with van der Waals surface area (Å²) in [5.41, 5.74) is 4.38. The summed E-state index contributed by atoms with van der Waals surface area (Å²) in [6.07, 6.45) is 6.74. The third-order valence-corrected chi connectivity index (χ3v) is 5.02. The van der Waals surface area contributed by atoms with E-state index in [1.165, 1.54) is 0 Å². The van der Waals surface area contributed by atoms with Gasteiger partial charge in [0.25, 0.3) is 0 Å². The summed E-state index contributed by atoms with van der Waals surface area (Å²) < 4.78 is 11.5. The molecule has 2 aromatic rings. The minimum atomic E-state index is -0.764. The number of furan rings is 1. The topological polar surface area (TPSA) is 62.8 Å². The molecule has 0 spiro atoms. The molecule has 0 amide bonds. The molecule has 1 aromatic heterocycles. The molecular weight excluding hydrogens is 351 g/mol. The van der Waals surface area contributed by atoms with E-state index in [4.69, 9.17) is 9.07 Å². The summed E-state index contributed by atoms with van der Waals surface area (Å²) in [5.74, 6) is 1.25. The van der Waals surface area contributed by atoms with Gasteiger partial charge in [0, 0.05) is 6.32 Å². The fourth-order valence-corrected chi connectivity index (χ4v) is 3.44. The number of hydrogen-bond donors (Lipinski definition) is 2. The van der Waals surface area contributed by atoms with E-state index >= 15 is 0 Å². The van der Waals surface area contributed by atoms with Crippen molar-refractivity contribution in [3.63, 3.8) is 0 Å². The molecule has 1 aromatic carbocycles. The molecule has 4 nitrogen and oxygen atoms in total. The van der Waals surface area contributed by atoms with E-state index in [1.807, 2.05) is 30.3 Å². The third-order valence-electron chi connectivity index (χ3n) is 5.02. The number of aliphatic hydroxyl groups excluding tert-OH is 1. The molecule has 146 valence electrons. The first kappa shape index (κ1) is 20.4. The fourth-order valence-electron chi connectivity index (χ4n) is 3.44. The third kappa shape index (κ3) is 5.13. The molecule has 0 saturated carbocycles. The van der Waals surface area contributed by atoms with Crippen LogP contribution in [-0.2, 0) is 11.3 Å². The largest absolute Gasteiger partial charge is 0.459 e. The predicted octanol–water partition coefficient (Wildman–Crippen LogP) is 4.86. The van der Waals surface area contributed by atoms with Crippen molar-refractivity contribution in [1.82, 2.24) is 0 Å². The van der Waals surface area contributed by atoms with Crippen molar-refractivity contribution in [2.45, 2.75) is 45.2 Å². The number of aliphatic hydroxyl groups is 1. The number of hydrogen-bond acceptors (Lipinski definition) is 4. The fraction of sp³-hybridized carbons (Fsp3) is 0.304. The number of benzene rings is 1. The van der Waals surface area contributed by atoms with Gasteiger partial charge < -0.3 is 19.2 Å². The van der Waals surface area contributed by atoms with Crippen molar-refractivity contribution in [1.29, 1.82) is 0 Å². The van der Waals surface area contributed by atoms with Gasteiger partial charge in [-0.05, 0) is 54.2 Å². The lowest BCUT2D eigenvalue weighted by atomic mass is 9.77. The predicted molar refractivity (Wildman–Crippen MR) is 113 cm³/mol. The number of rotatable bonds is 8.